The number of alkyl halides is 3. The van der Waals surface area contributed by atoms with Gasteiger partial charge in [-0.3, -0.25) is 4.99 Å². The molecule has 2 aromatic heterocycles. The van der Waals surface area contributed by atoms with E-state index in [1.807, 2.05) is 11.5 Å². The maximum atomic E-state index is 12.6. The van der Waals surface area contributed by atoms with Gasteiger partial charge in [0.1, 0.15) is 17.8 Å². The van der Waals surface area contributed by atoms with Gasteiger partial charge in [-0.05, 0) is 6.07 Å². The van der Waals surface area contributed by atoms with Crippen LogP contribution in [-0.2, 0) is 19.1 Å². The molecule has 0 bridgehead atoms. The molecule has 0 aliphatic carbocycles. The van der Waals surface area contributed by atoms with E-state index < -0.39 is 11.9 Å². The van der Waals surface area contributed by atoms with E-state index in [1.54, 1.807) is 13.4 Å². The lowest BCUT2D eigenvalue weighted by Gasteiger charge is -2.13. The summed E-state index contributed by atoms with van der Waals surface area (Å²) in [5.41, 5.74) is -0.981. The van der Waals surface area contributed by atoms with Gasteiger partial charge in [-0.2, -0.15) is 13.2 Å². The van der Waals surface area contributed by atoms with Gasteiger partial charge in [0.2, 0.25) is 5.95 Å². The van der Waals surface area contributed by atoms with Crippen molar-refractivity contribution < 1.29 is 13.2 Å². The van der Waals surface area contributed by atoms with E-state index in [0.717, 1.165) is 24.5 Å². The average Bonchev–Trinajstić information content (AvgIpc) is 3.10. The summed E-state index contributed by atoms with van der Waals surface area (Å²) >= 11 is 0. The second-order valence-corrected chi connectivity index (χ2v) is 5.41. The lowest BCUT2D eigenvalue weighted by atomic mass is 10.4. The highest BCUT2D eigenvalue weighted by molar-refractivity contribution is 14.0. The average molecular weight is 513 g/mol. The number of nitrogens with one attached hydrogen (secondary N) is 3. The zero-order valence-electron chi connectivity index (χ0n) is 15.5. The van der Waals surface area contributed by atoms with Crippen molar-refractivity contribution in [2.45, 2.75) is 26.1 Å². The highest BCUT2D eigenvalue weighted by Crippen LogP contribution is 2.27. The standard InChI is InChI=1S/C15H22F3N9.HI/c1-3-12-26-24-10-27(12)9-8-23-13(19-2)21-6-7-22-14-20-5-4-11(25-14)15(16,17)18;/h4-5,10H,3,6-9H2,1-2H3,(H2,19,21,23)(H,20,22,25);1H. The Hall–Kier alpha value is -2.19. The molecule has 13 heteroatoms. The molecule has 0 aliphatic rings. The van der Waals surface area contributed by atoms with Gasteiger partial charge in [-0.25, -0.2) is 9.97 Å². The molecule has 0 amide bonds. The largest absolute Gasteiger partial charge is 0.433 e. The van der Waals surface area contributed by atoms with Crippen molar-refractivity contribution in [3.8, 4) is 0 Å². The van der Waals surface area contributed by atoms with E-state index in [1.165, 1.54) is 0 Å². The van der Waals surface area contributed by atoms with Gasteiger partial charge in [0.25, 0.3) is 0 Å². The van der Waals surface area contributed by atoms with Crippen LogP contribution in [0.1, 0.15) is 18.4 Å². The SMILES string of the molecule is CCc1nncn1CCNC(=NC)NCCNc1nccc(C(F)(F)F)n1.I. The van der Waals surface area contributed by atoms with E-state index in [0.29, 0.717) is 32.1 Å². The Balaban J connectivity index is 0.00000392. The molecule has 0 atom stereocenters. The maximum Gasteiger partial charge on any atom is 0.433 e. The van der Waals surface area contributed by atoms with Crippen molar-refractivity contribution in [3.05, 3.63) is 30.1 Å². The summed E-state index contributed by atoms with van der Waals surface area (Å²) in [6.45, 7) is 4.07. The molecule has 0 aliphatic heterocycles. The predicted molar refractivity (Wildman–Crippen MR) is 110 cm³/mol. The number of hydrogen-bond donors (Lipinski definition) is 3. The van der Waals surface area contributed by atoms with Crippen LogP contribution in [0.4, 0.5) is 19.1 Å². The normalized spacial score (nSPS) is 11.7. The molecule has 2 aromatic rings. The number of aliphatic imine (C=N–C) groups is 1. The zero-order chi connectivity index (χ0) is 19.7. The minimum Gasteiger partial charge on any atom is -0.355 e. The van der Waals surface area contributed by atoms with Crippen LogP contribution in [0.25, 0.3) is 0 Å². The Morgan fingerprint density at radius 2 is 1.96 bits per heavy atom. The van der Waals surface area contributed by atoms with Crippen LogP contribution in [0.3, 0.4) is 0 Å². The van der Waals surface area contributed by atoms with E-state index >= 15 is 0 Å². The smallest absolute Gasteiger partial charge is 0.355 e. The Labute approximate surface area is 177 Å². The Kier molecular flexibility index (Phi) is 9.89. The molecule has 0 saturated heterocycles. The molecule has 156 valence electrons. The third-order valence-electron chi connectivity index (χ3n) is 3.53. The topological polar surface area (TPSA) is 105 Å². The maximum absolute atomic E-state index is 12.6. The van der Waals surface area contributed by atoms with Gasteiger partial charge in [0, 0.05) is 45.8 Å². The van der Waals surface area contributed by atoms with Crippen LogP contribution in [-0.4, -0.2) is 57.4 Å². The molecule has 28 heavy (non-hydrogen) atoms. The van der Waals surface area contributed by atoms with Gasteiger partial charge in [-0.1, -0.05) is 6.92 Å². The Morgan fingerprint density at radius 3 is 2.64 bits per heavy atom. The van der Waals surface area contributed by atoms with Crippen LogP contribution in [0.15, 0.2) is 23.6 Å². The lowest BCUT2D eigenvalue weighted by molar-refractivity contribution is -0.141. The van der Waals surface area contributed by atoms with Gasteiger partial charge in [0.05, 0.1) is 0 Å². The fourth-order valence-corrected chi connectivity index (χ4v) is 2.21. The van der Waals surface area contributed by atoms with E-state index in [4.69, 9.17) is 0 Å². The number of nitrogens with zero attached hydrogens (tertiary/aromatic N) is 6. The molecule has 0 radical (unpaired) electrons. The van der Waals surface area contributed by atoms with Gasteiger partial charge in [-0.15, -0.1) is 34.2 Å². The molecule has 0 spiro atoms. The van der Waals surface area contributed by atoms with Gasteiger partial charge < -0.3 is 20.5 Å². The monoisotopic (exact) mass is 513 g/mol. The molecule has 0 aromatic carbocycles. The van der Waals surface area contributed by atoms with Crippen molar-refractivity contribution in [2.24, 2.45) is 4.99 Å². The molecule has 2 rings (SSSR count). The first-order chi connectivity index (χ1) is 12.9. The van der Waals surface area contributed by atoms with Crippen molar-refractivity contribution in [1.29, 1.82) is 0 Å². The summed E-state index contributed by atoms with van der Waals surface area (Å²) in [4.78, 5) is 11.3. The lowest BCUT2D eigenvalue weighted by Crippen LogP contribution is -2.40. The number of guanidine groups is 1. The Morgan fingerprint density at radius 1 is 1.21 bits per heavy atom. The van der Waals surface area contributed by atoms with E-state index in [-0.39, 0.29) is 29.9 Å². The highest BCUT2D eigenvalue weighted by Gasteiger charge is 2.32. The fourth-order valence-electron chi connectivity index (χ4n) is 2.21. The summed E-state index contributed by atoms with van der Waals surface area (Å²) in [7, 11) is 1.63. The second kappa shape index (κ2) is 11.6. The summed E-state index contributed by atoms with van der Waals surface area (Å²) in [6, 6.07) is 0.828. The van der Waals surface area contributed by atoms with Crippen LogP contribution >= 0.6 is 24.0 Å². The second-order valence-electron chi connectivity index (χ2n) is 5.41. The molecular formula is C15H23F3IN9. The third kappa shape index (κ3) is 7.44. The molecule has 3 N–H and O–H groups in total. The highest BCUT2D eigenvalue weighted by atomic mass is 127. The number of aromatic nitrogens is 5. The summed E-state index contributed by atoms with van der Waals surface area (Å²) < 4.78 is 39.8. The summed E-state index contributed by atoms with van der Waals surface area (Å²) in [5.74, 6) is 1.41. The molecule has 9 nitrogen and oxygen atoms in total. The quantitative estimate of drug-likeness (QED) is 0.213. The molecule has 0 saturated carbocycles. The van der Waals surface area contributed by atoms with Crippen molar-refractivity contribution in [1.82, 2.24) is 35.4 Å². The number of hydrogen-bond acceptors (Lipinski definition) is 6. The number of aryl methyl sites for hydroxylation is 1. The Bertz CT molecular complexity index is 748. The van der Waals surface area contributed by atoms with Crippen LogP contribution in [0.2, 0.25) is 0 Å². The van der Waals surface area contributed by atoms with Crippen molar-refractivity contribution in [3.63, 3.8) is 0 Å². The first kappa shape index (κ1) is 23.8. The minimum absolute atomic E-state index is 0. The van der Waals surface area contributed by atoms with Crippen LogP contribution in [0, 0.1) is 0 Å². The number of halogens is 4. The van der Waals surface area contributed by atoms with Crippen LogP contribution in [0.5, 0.6) is 0 Å². The molecular weight excluding hydrogens is 490 g/mol. The first-order valence-electron chi connectivity index (χ1n) is 8.39. The summed E-state index contributed by atoms with van der Waals surface area (Å²) in [5, 5.41) is 16.8. The predicted octanol–water partition coefficient (Wildman–Crippen LogP) is 1.54. The fraction of sp³-hybridized carbons (Fsp3) is 0.533. The zero-order valence-corrected chi connectivity index (χ0v) is 17.8. The third-order valence-corrected chi connectivity index (χ3v) is 3.53. The first-order valence-corrected chi connectivity index (χ1v) is 8.39. The number of anilines is 1. The van der Waals surface area contributed by atoms with Crippen LogP contribution < -0.4 is 16.0 Å². The molecule has 0 fully saturated rings. The number of rotatable bonds is 8. The van der Waals surface area contributed by atoms with Crippen molar-refractivity contribution in [2.75, 3.05) is 32.0 Å². The summed E-state index contributed by atoms with van der Waals surface area (Å²) in [6.07, 6.45) is -0.945. The van der Waals surface area contributed by atoms with E-state index in [9.17, 15) is 13.2 Å². The molecule has 0 unspecified atom stereocenters. The van der Waals surface area contributed by atoms with Gasteiger partial charge >= 0.3 is 6.18 Å². The van der Waals surface area contributed by atoms with Gasteiger partial charge in [0.15, 0.2) is 5.96 Å². The molecule has 2 heterocycles. The van der Waals surface area contributed by atoms with E-state index in [2.05, 4.69) is 41.1 Å². The minimum atomic E-state index is -4.49. The van der Waals surface area contributed by atoms with Crippen molar-refractivity contribution >= 4 is 35.9 Å².